The molecule has 0 bridgehead atoms. The van der Waals surface area contributed by atoms with Crippen LogP contribution in [-0.4, -0.2) is 22.6 Å². The molecule has 1 aliphatic heterocycles. The molecule has 1 N–H and O–H groups in total. The number of hydrogen-bond donors (Lipinski definition) is 1. The number of nitrogens with one attached hydrogen (secondary N) is 1. The van der Waals surface area contributed by atoms with Gasteiger partial charge in [0.15, 0.2) is 6.23 Å². The lowest BCUT2D eigenvalue weighted by molar-refractivity contribution is 0.181. The number of nitrogens with zero attached hydrogens (tertiary/aromatic N) is 2. The fraction of sp³-hybridized carbons (Fsp3) is 0.235. The molecule has 120 valence electrons. The molecule has 4 nitrogen and oxygen atoms in total. The van der Waals surface area contributed by atoms with Crippen molar-refractivity contribution in [2.24, 2.45) is 0 Å². The van der Waals surface area contributed by atoms with Crippen molar-refractivity contribution < 1.29 is 9.13 Å². The van der Waals surface area contributed by atoms with Crippen LogP contribution in [0.1, 0.15) is 12.8 Å². The van der Waals surface area contributed by atoms with Crippen LogP contribution in [0.4, 0.5) is 4.39 Å². The average Bonchev–Trinajstić information content (AvgIpc) is 3.17. The van der Waals surface area contributed by atoms with Gasteiger partial charge in [-0.15, -0.1) is 17.5 Å². The topological polar surface area (TPSA) is 39.1 Å². The van der Waals surface area contributed by atoms with Crippen LogP contribution in [0.25, 0.3) is 16.6 Å². The normalized spacial score (nSPS) is 17.2. The maximum atomic E-state index is 14.1. The number of fused-ring (bicyclic) bond motifs is 1. The van der Waals surface area contributed by atoms with Gasteiger partial charge in [-0.1, -0.05) is 24.3 Å². The van der Waals surface area contributed by atoms with Crippen LogP contribution < -0.4 is 10.1 Å². The molecule has 1 saturated heterocycles. The summed E-state index contributed by atoms with van der Waals surface area (Å²) >= 11 is 0. The molecule has 0 amide bonds. The third-order valence-electron chi connectivity index (χ3n) is 3.90. The zero-order valence-corrected chi connectivity index (χ0v) is 13.2. The van der Waals surface area contributed by atoms with Gasteiger partial charge in [-0.25, -0.2) is 9.07 Å². The Labute approximate surface area is 139 Å². The molecule has 6 heteroatoms. The quantitative estimate of drug-likeness (QED) is 0.794. The SMILES string of the molecule is Cl.Fc1ccccc1-n1nc(OC2CCCN2)c2ccccc21. The van der Waals surface area contributed by atoms with E-state index in [9.17, 15) is 4.39 Å². The molecular formula is C17H17ClFN3O. The fourth-order valence-electron chi connectivity index (χ4n) is 2.82. The van der Waals surface area contributed by atoms with Crippen molar-refractivity contribution in [1.82, 2.24) is 15.1 Å². The highest BCUT2D eigenvalue weighted by molar-refractivity contribution is 5.86. The minimum Gasteiger partial charge on any atom is -0.457 e. The number of hydrogen-bond acceptors (Lipinski definition) is 3. The van der Waals surface area contributed by atoms with Crippen LogP contribution in [0.5, 0.6) is 5.88 Å². The molecule has 1 atom stereocenters. The number of halogens is 2. The minimum absolute atomic E-state index is 0. The van der Waals surface area contributed by atoms with Crippen molar-refractivity contribution in [2.75, 3.05) is 6.54 Å². The van der Waals surface area contributed by atoms with Gasteiger partial charge in [0.1, 0.15) is 11.5 Å². The zero-order valence-electron chi connectivity index (χ0n) is 12.4. The molecule has 2 heterocycles. The van der Waals surface area contributed by atoms with Gasteiger partial charge in [0.25, 0.3) is 0 Å². The Morgan fingerprint density at radius 3 is 2.70 bits per heavy atom. The van der Waals surface area contributed by atoms with E-state index in [1.807, 2.05) is 24.3 Å². The van der Waals surface area contributed by atoms with E-state index in [1.54, 1.807) is 22.9 Å². The summed E-state index contributed by atoms with van der Waals surface area (Å²) in [5, 5.41) is 8.67. The van der Waals surface area contributed by atoms with E-state index in [-0.39, 0.29) is 24.5 Å². The Morgan fingerprint density at radius 1 is 1.13 bits per heavy atom. The Hall–Kier alpha value is -2.11. The van der Waals surface area contributed by atoms with Crippen LogP contribution in [0.2, 0.25) is 0 Å². The number of rotatable bonds is 3. The number of ether oxygens (including phenoxy) is 1. The summed E-state index contributed by atoms with van der Waals surface area (Å²) in [6.45, 7) is 0.955. The Morgan fingerprint density at radius 2 is 1.91 bits per heavy atom. The molecule has 0 spiro atoms. The highest BCUT2D eigenvalue weighted by Gasteiger charge is 2.20. The fourth-order valence-corrected chi connectivity index (χ4v) is 2.82. The molecule has 0 saturated carbocycles. The molecule has 23 heavy (non-hydrogen) atoms. The van der Waals surface area contributed by atoms with Crippen molar-refractivity contribution in [1.29, 1.82) is 0 Å². The maximum absolute atomic E-state index is 14.1. The van der Waals surface area contributed by atoms with Crippen LogP contribution in [0.3, 0.4) is 0 Å². The predicted octanol–water partition coefficient (Wildman–Crippen LogP) is 3.67. The lowest BCUT2D eigenvalue weighted by Crippen LogP contribution is -2.27. The van der Waals surface area contributed by atoms with Crippen molar-refractivity contribution >= 4 is 23.3 Å². The van der Waals surface area contributed by atoms with Gasteiger partial charge in [0, 0.05) is 0 Å². The molecule has 0 aliphatic carbocycles. The van der Waals surface area contributed by atoms with E-state index in [1.165, 1.54) is 6.07 Å². The highest BCUT2D eigenvalue weighted by Crippen LogP contribution is 2.29. The van der Waals surface area contributed by atoms with Crippen molar-refractivity contribution in [2.45, 2.75) is 19.1 Å². The molecule has 4 rings (SSSR count). The Balaban J connectivity index is 0.00000156. The van der Waals surface area contributed by atoms with Gasteiger partial charge in [-0.05, 0) is 43.7 Å². The van der Waals surface area contributed by atoms with Crippen LogP contribution in [0, 0.1) is 5.82 Å². The van der Waals surface area contributed by atoms with E-state index < -0.39 is 0 Å². The first-order valence-corrected chi connectivity index (χ1v) is 7.45. The molecule has 1 fully saturated rings. The van der Waals surface area contributed by atoms with E-state index in [4.69, 9.17) is 4.74 Å². The van der Waals surface area contributed by atoms with Gasteiger partial charge < -0.3 is 4.74 Å². The second-order valence-electron chi connectivity index (χ2n) is 5.39. The second kappa shape index (κ2) is 6.56. The van der Waals surface area contributed by atoms with Crippen LogP contribution in [0.15, 0.2) is 48.5 Å². The van der Waals surface area contributed by atoms with E-state index >= 15 is 0 Å². The summed E-state index contributed by atoms with van der Waals surface area (Å²) in [6.07, 6.45) is 2.03. The summed E-state index contributed by atoms with van der Waals surface area (Å²) in [4.78, 5) is 0. The summed E-state index contributed by atoms with van der Waals surface area (Å²) < 4.78 is 21.7. The smallest absolute Gasteiger partial charge is 0.242 e. The predicted molar refractivity (Wildman–Crippen MR) is 89.9 cm³/mol. The molecule has 1 aliphatic rings. The van der Waals surface area contributed by atoms with Crippen LogP contribution >= 0.6 is 12.4 Å². The number of para-hydroxylation sites is 2. The standard InChI is InChI=1S/C17H16FN3O.ClH/c18-13-7-2-4-9-15(13)21-14-8-3-1-6-12(14)17(20-21)22-16-10-5-11-19-16;/h1-4,6-9,16,19H,5,10-11H2;1H. The monoisotopic (exact) mass is 333 g/mol. The average molecular weight is 334 g/mol. The highest BCUT2D eigenvalue weighted by atomic mass is 35.5. The van der Waals surface area contributed by atoms with Crippen molar-refractivity contribution in [3.8, 4) is 11.6 Å². The van der Waals surface area contributed by atoms with E-state index in [0.29, 0.717) is 11.6 Å². The Kier molecular flexibility index (Phi) is 4.50. The summed E-state index contributed by atoms with van der Waals surface area (Å²) in [6, 6.07) is 14.3. The van der Waals surface area contributed by atoms with Gasteiger partial charge in [0.05, 0.1) is 10.9 Å². The molecule has 0 radical (unpaired) electrons. The van der Waals surface area contributed by atoms with Gasteiger partial charge in [0.2, 0.25) is 5.88 Å². The Bertz CT molecular complexity index is 814. The first-order chi connectivity index (χ1) is 10.8. The molecule has 2 aromatic carbocycles. The molecule has 1 aromatic heterocycles. The lowest BCUT2D eigenvalue weighted by Gasteiger charge is -2.11. The first kappa shape index (κ1) is 15.8. The van der Waals surface area contributed by atoms with E-state index in [2.05, 4.69) is 10.4 Å². The van der Waals surface area contributed by atoms with E-state index in [0.717, 1.165) is 30.3 Å². The van der Waals surface area contributed by atoms with Crippen molar-refractivity contribution in [3.63, 3.8) is 0 Å². The summed E-state index contributed by atoms with van der Waals surface area (Å²) in [5.74, 6) is 0.236. The molecular weight excluding hydrogens is 317 g/mol. The summed E-state index contributed by atoms with van der Waals surface area (Å²) in [5.41, 5.74) is 1.26. The second-order valence-corrected chi connectivity index (χ2v) is 5.39. The largest absolute Gasteiger partial charge is 0.457 e. The lowest BCUT2D eigenvalue weighted by atomic mass is 10.2. The van der Waals surface area contributed by atoms with Gasteiger partial charge in [-0.2, -0.15) is 0 Å². The minimum atomic E-state index is -0.304. The van der Waals surface area contributed by atoms with Crippen LogP contribution in [-0.2, 0) is 0 Å². The van der Waals surface area contributed by atoms with Gasteiger partial charge >= 0.3 is 0 Å². The molecule has 1 unspecified atom stereocenters. The number of aromatic nitrogens is 2. The number of benzene rings is 2. The first-order valence-electron chi connectivity index (χ1n) is 7.45. The summed E-state index contributed by atoms with van der Waals surface area (Å²) in [7, 11) is 0. The maximum Gasteiger partial charge on any atom is 0.242 e. The molecule has 3 aromatic rings. The van der Waals surface area contributed by atoms with Gasteiger partial charge in [-0.3, -0.25) is 5.32 Å². The third-order valence-corrected chi connectivity index (χ3v) is 3.90. The zero-order chi connectivity index (χ0) is 14.9. The van der Waals surface area contributed by atoms with Crippen molar-refractivity contribution in [3.05, 3.63) is 54.3 Å². The third kappa shape index (κ3) is 2.90.